The first-order valence-corrected chi connectivity index (χ1v) is 12.4. The molecule has 11 heteroatoms. The molecule has 0 atom stereocenters. The number of aromatic nitrogens is 1. The van der Waals surface area contributed by atoms with Crippen LogP contribution in [0.2, 0.25) is 0 Å². The molecule has 35 heavy (non-hydrogen) atoms. The summed E-state index contributed by atoms with van der Waals surface area (Å²) in [5.41, 5.74) is -0.691. The van der Waals surface area contributed by atoms with E-state index in [1.165, 1.54) is 41.9 Å². The Labute approximate surface area is 201 Å². The van der Waals surface area contributed by atoms with E-state index in [9.17, 15) is 26.4 Å². The number of nitrogens with one attached hydrogen (secondary N) is 1. The number of nitrogens with zero attached hydrogens (tertiary/aromatic N) is 2. The van der Waals surface area contributed by atoms with Crippen LogP contribution in [0.1, 0.15) is 36.0 Å². The number of alkyl halides is 3. The lowest BCUT2D eigenvalue weighted by atomic mass is 9.86. The lowest BCUT2D eigenvalue weighted by Gasteiger charge is -2.45. The molecule has 3 aromatic rings. The van der Waals surface area contributed by atoms with E-state index in [0.29, 0.717) is 35.5 Å². The standard InChI is InChI=1S/C24H22F3N3O4S.H2/c1-28-35(32,33)17-8-6-16(7-9-17)22(31)29-14-12-23(13-15-29)20-10-11-21(24(25,26)27)30(20)18-4-2-3-5-19(18)34-23;/h2-11,28H,12-15H2,1H3;1H. The third kappa shape index (κ3) is 3.88. The van der Waals surface area contributed by atoms with Crippen molar-refractivity contribution in [2.75, 3.05) is 20.1 Å². The molecule has 0 unspecified atom stereocenters. The molecule has 0 saturated carbocycles. The third-order valence-corrected chi connectivity index (χ3v) is 8.02. The van der Waals surface area contributed by atoms with E-state index in [2.05, 4.69) is 4.72 Å². The van der Waals surface area contributed by atoms with Gasteiger partial charge in [0.1, 0.15) is 11.4 Å². The number of ether oxygens (including phenoxy) is 1. The Morgan fingerprint density at radius 1 is 1.03 bits per heavy atom. The zero-order valence-corrected chi connectivity index (χ0v) is 19.5. The Bertz CT molecular complexity index is 1400. The van der Waals surface area contributed by atoms with Crippen molar-refractivity contribution in [1.29, 1.82) is 0 Å². The van der Waals surface area contributed by atoms with E-state index in [-0.39, 0.29) is 25.3 Å². The lowest BCUT2D eigenvalue weighted by molar-refractivity contribution is -0.143. The largest absolute Gasteiger partial charge is 0.479 e. The monoisotopic (exact) mass is 507 g/mol. The smallest absolute Gasteiger partial charge is 0.431 e. The van der Waals surface area contributed by atoms with Gasteiger partial charge in [0.15, 0.2) is 5.60 Å². The van der Waals surface area contributed by atoms with E-state index in [1.54, 1.807) is 29.2 Å². The predicted octanol–water partition coefficient (Wildman–Crippen LogP) is 4.17. The first-order chi connectivity index (χ1) is 16.6. The van der Waals surface area contributed by atoms with Crippen LogP contribution in [0.3, 0.4) is 0 Å². The molecule has 2 aliphatic rings. The zero-order valence-electron chi connectivity index (χ0n) is 18.7. The Hall–Kier alpha value is -3.31. The highest BCUT2D eigenvalue weighted by Crippen LogP contribution is 2.48. The number of likely N-dealkylation sites (tertiary alicyclic amines) is 1. The topological polar surface area (TPSA) is 80.6 Å². The number of rotatable bonds is 3. The molecule has 5 rings (SSSR count). The van der Waals surface area contributed by atoms with E-state index in [4.69, 9.17) is 4.74 Å². The predicted molar refractivity (Wildman–Crippen MR) is 123 cm³/mol. The highest BCUT2D eigenvalue weighted by molar-refractivity contribution is 7.89. The molecular weight excluding hydrogens is 483 g/mol. The van der Waals surface area contributed by atoms with Crippen LogP contribution in [0.4, 0.5) is 13.2 Å². The Kier molecular flexibility index (Phi) is 5.44. The Morgan fingerprint density at radius 3 is 2.31 bits per heavy atom. The maximum atomic E-state index is 13.8. The third-order valence-electron chi connectivity index (χ3n) is 6.59. The van der Waals surface area contributed by atoms with Crippen LogP contribution < -0.4 is 9.46 Å². The van der Waals surface area contributed by atoms with Crippen molar-refractivity contribution >= 4 is 15.9 Å². The van der Waals surface area contributed by atoms with Crippen molar-refractivity contribution in [3.8, 4) is 11.4 Å². The average molecular weight is 508 g/mol. The van der Waals surface area contributed by atoms with Crippen molar-refractivity contribution in [2.24, 2.45) is 0 Å². The first kappa shape index (κ1) is 23.4. The van der Waals surface area contributed by atoms with Gasteiger partial charge < -0.3 is 14.2 Å². The number of piperidine rings is 1. The highest BCUT2D eigenvalue weighted by atomic mass is 32.2. The molecule has 1 spiro atoms. The SMILES string of the molecule is CNS(=O)(=O)c1ccc(C(=O)N2CCC3(CC2)Oc2ccccc2-n2c(C(F)(F)F)ccc23)cc1.[HH]. The van der Waals surface area contributed by atoms with E-state index in [0.717, 1.165) is 6.07 Å². The van der Waals surface area contributed by atoms with Crippen molar-refractivity contribution in [3.05, 3.63) is 77.6 Å². The van der Waals surface area contributed by atoms with E-state index >= 15 is 0 Å². The normalized spacial score (nSPS) is 17.0. The Balaban J connectivity index is 0.00000304. The second kappa shape index (κ2) is 8.13. The summed E-state index contributed by atoms with van der Waals surface area (Å²) >= 11 is 0. The van der Waals surface area contributed by atoms with Crippen LogP contribution in [0, 0.1) is 0 Å². The average Bonchev–Trinajstić information content (AvgIpc) is 3.32. The van der Waals surface area contributed by atoms with Crippen LogP contribution in [-0.2, 0) is 21.8 Å². The van der Waals surface area contributed by atoms with Gasteiger partial charge in [-0.2, -0.15) is 13.2 Å². The van der Waals surface area contributed by atoms with Crippen LogP contribution in [-0.4, -0.2) is 43.9 Å². The number of fused-ring (bicyclic) bond motifs is 4. The number of hydrogen-bond donors (Lipinski definition) is 1. The molecule has 1 saturated heterocycles. The van der Waals surface area contributed by atoms with E-state index in [1.807, 2.05) is 0 Å². The quantitative estimate of drug-likeness (QED) is 0.577. The number of sulfonamides is 1. The number of halogens is 3. The van der Waals surface area contributed by atoms with Gasteiger partial charge in [0.05, 0.1) is 16.3 Å². The number of para-hydroxylation sites is 2. The first-order valence-electron chi connectivity index (χ1n) is 11.0. The van der Waals surface area contributed by atoms with Gasteiger partial charge in [-0.25, -0.2) is 13.1 Å². The van der Waals surface area contributed by atoms with Crippen LogP contribution in [0.15, 0.2) is 65.6 Å². The summed E-state index contributed by atoms with van der Waals surface area (Å²) in [6, 6.07) is 14.8. The number of benzene rings is 2. The minimum Gasteiger partial charge on any atom is -0.479 e. The number of carbonyl (C=O) groups is 1. The number of hydrogen-bond acceptors (Lipinski definition) is 4. The van der Waals surface area contributed by atoms with Gasteiger partial charge in [0.2, 0.25) is 10.0 Å². The molecule has 1 amide bonds. The summed E-state index contributed by atoms with van der Waals surface area (Å²) in [7, 11) is -2.32. The summed E-state index contributed by atoms with van der Waals surface area (Å²) in [4.78, 5) is 14.7. The number of amides is 1. The molecule has 0 radical (unpaired) electrons. The molecule has 1 aromatic heterocycles. The van der Waals surface area contributed by atoms with Crippen LogP contribution >= 0.6 is 0 Å². The summed E-state index contributed by atoms with van der Waals surface area (Å²) < 4.78 is 74.9. The van der Waals surface area contributed by atoms with Crippen LogP contribution in [0.25, 0.3) is 5.69 Å². The summed E-state index contributed by atoms with van der Waals surface area (Å²) in [6.45, 7) is 0.536. The van der Waals surface area contributed by atoms with Gasteiger partial charge in [-0.1, -0.05) is 12.1 Å². The van der Waals surface area contributed by atoms with Crippen molar-refractivity contribution in [3.63, 3.8) is 0 Å². The fourth-order valence-electron chi connectivity index (χ4n) is 4.77. The second-order valence-electron chi connectivity index (χ2n) is 8.53. The molecule has 1 fully saturated rings. The molecule has 0 aliphatic carbocycles. The second-order valence-corrected chi connectivity index (χ2v) is 10.4. The maximum absolute atomic E-state index is 13.8. The molecule has 0 bridgehead atoms. The highest BCUT2D eigenvalue weighted by Gasteiger charge is 2.48. The fraction of sp³-hybridized carbons (Fsp3) is 0.292. The van der Waals surface area contributed by atoms with Gasteiger partial charge in [0.25, 0.3) is 5.91 Å². The summed E-state index contributed by atoms with van der Waals surface area (Å²) in [5, 5.41) is 0. The molecule has 186 valence electrons. The summed E-state index contributed by atoms with van der Waals surface area (Å²) in [5.74, 6) is 0.0821. The van der Waals surface area contributed by atoms with Gasteiger partial charge in [0, 0.05) is 32.9 Å². The fourth-order valence-corrected chi connectivity index (χ4v) is 5.50. The minimum absolute atomic E-state index is 0. The minimum atomic E-state index is -4.53. The molecular formula is C24H24F3N3O4S. The Morgan fingerprint density at radius 2 is 1.69 bits per heavy atom. The van der Waals surface area contributed by atoms with Gasteiger partial charge in [-0.05, 0) is 55.6 Å². The molecule has 2 aromatic carbocycles. The lowest BCUT2D eigenvalue weighted by Crippen LogP contribution is -2.50. The zero-order chi connectivity index (χ0) is 25.0. The summed E-state index contributed by atoms with van der Waals surface area (Å²) in [6.07, 6.45) is -3.92. The molecule has 2 aliphatic heterocycles. The van der Waals surface area contributed by atoms with Crippen molar-refractivity contribution in [1.82, 2.24) is 14.2 Å². The van der Waals surface area contributed by atoms with E-state index < -0.39 is 27.5 Å². The van der Waals surface area contributed by atoms with Gasteiger partial charge in [-0.3, -0.25) is 4.79 Å². The van der Waals surface area contributed by atoms with Gasteiger partial charge >= 0.3 is 6.18 Å². The van der Waals surface area contributed by atoms with Gasteiger partial charge in [-0.15, -0.1) is 0 Å². The molecule has 3 heterocycles. The van der Waals surface area contributed by atoms with Crippen molar-refractivity contribution in [2.45, 2.75) is 29.5 Å². The van der Waals surface area contributed by atoms with Crippen LogP contribution in [0.5, 0.6) is 5.75 Å². The molecule has 7 nitrogen and oxygen atoms in total. The maximum Gasteiger partial charge on any atom is 0.431 e. The van der Waals surface area contributed by atoms with Crippen molar-refractivity contribution < 1.29 is 32.5 Å². The molecule has 1 N–H and O–H groups in total. The number of carbonyl (C=O) groups excluding carboxylic acids is 1.